The molecule has 17 atom stereocenters. The number of carbonyl (C=O) groups is 1. The molecule has 656 valence electrons. The molecule has 115 heavy (non-hydrogen) atoms. The van der Waals surface area contributed by atoms with Crippen LogP contribution >= 0.6 is 0 Å². The van der Waals surface area contributed by atoms with Gasteiger partial charge in [0.2, 0.25) is 5.91 Å². The number of aliphatic hydroxyl groups is 11. The Morgan fingerprint density at radius 2 is 0.609 bits per heavy atom. The predicted octanol–water partition coefficient (Wildman–Crippen LogP) is 17.3. The molecule has 0 bridgehead atoms. The van der Waals surface area contributed by atoms with Gasteiger partial charge in [-0.1, -0.05) is 338 Å². The first kappa shape index (κ1) is 104. The summed E-state index contributed by atoms with van der Waals surface area (Å²) in [6.45, 7) is 1.60. The predicted molar refractivity (Wildman–Crippen MR) is 465 cm³/mol. The molecule has 0 aromatic rings. The van der Waals surface area contributed by atoms with E-state index in [1.54, 1.807) is 6.08 Å². The molecule has 0 saturated carbocycles. The molecule has 0 radical (unpaired) electrons. The van der Waals surface area contributed by atoms with Crippen LogP contribution in [-0.2, 0) is 33.2 Å². The molecule has 12 N–H and O–H groups in total. The Hall–Kier alpha value is -4.85. The maximum Gasteiger partial charge on any atom is 0.220 e. The summed E-state index contributed by atoms with van der Waals surface area (Å²) in [5.41, 5.74) is 0. The van der Waals surface area contributed by atoms with Gasteiger partial charge in [-0.05, 0) is 122 Å². The molecule has 3 rings (SSSR count). The van der Waals surface area contributed by atoms with E-state index in [4.69, 9.17) is 28.4 Å². The molecule has 17 unspecified atom stereocenters. The molecule has 3 aliphatic heterocycles. The lowest BCUT2D eigenvalue weighted by Gasteiger charge is -2.48. The van der Waals surface area contributed by atoms with Gasteiger partial charge in [-0.25, -0.2) is 0 Å². The van der Waals surface area contributed by atoms with Crippen molar-refractivity contribution < 1.29 is 89.4 Å². The number of hydrogen-bond acceptors (Lipinski definition) is 18. The highest BCUT2D eigenvalue weighted by atomic mass is 16.8. The number of nitrogens with one attached hydrogen (secondary N) is 1. The Morgan fingerprint density at radius 3 is 0.974 bits per heavy atom. The van der Waals surface area contributed by atoms with Crippen LogP contribution in [0.2, 0.25) is 0 Å². The number of amides is 1. The van der Waals surface area contributed by atoms with Crippen molar-refractivity contribution in [3.63, 3.8) is 0 Å². The first-order valence-corrected chi connectivity index (χ1v) is 44.9. The van der Waals surface area contributed by atoms with E-state index < -0.39 is 124 Å². The molecular formula is C96H159NO18. The van der Waals surface area contributed by atoms with Crippen LogP contribution in [0.15, 0.2) is 170 Å². The smallest absolute Gasteiger partial charge is 0.220 e. The van der Waals surface area contributed by atoms with Gasteiger partial charge >= 0.3 is 0 Å². The summed E-state index contributed by atoms with van der Waals surface area (Å²) in [5, 5.41) is 121. The van der Waals surface area contributed by atoms with E-state index in [2.05, 4.69) is 177 Å². The minimum atomic E-state index is -1.99. The molecule has 0 aromatic heterocycles. The van der Waals surface area contributed by atoms with Gasteiger partial charge < -0.3 is 89.9 Å². The van der Waals surface area contributed by atoms with Gasteiger partial charge in [0.25, 0.3) is 0 Å². The molecule has 3 saturated heterocycles. The van der Waals surface area contributed by atoms with E-state index in [0.717, 1.165) is 122 Å². The molecule has 0 spiro atoms. The Bertz CT molecular complexity index is 2750. The van der Waals surface area contributed by atoms with Crippen molar-refractivity contribution in [2.45, 2.75) is 401 Å². The van der Waals surface area contributed by atoms with Gasteiger partial charge in [0.1, 0.15) is 73.2 Å². The largest absolute Gasteiger partial charge is 0.394 e. The van der Waals surface area contributed by atoms with E-state index in [1.165, 1.54) is 141 Å². The summed E-state index contributed by atoms with van der Waals surface area (Å²) in [6, 6.07) is -1.02. The summed E-state index contributed by atoms with van der Waals surface area (Å²) >= 11 is 0. The summed E-state index contributed by atoms with van der Waals surface area (Å²) in [5.74, 6) is -0.314. The molecule has 19 heteroatoms. The van der Waals surface area contributed by atoms with Crippen molar-refractivity contribution in [1.82, 2.24) is 5.32 Å². The van der Waals surface area contributed by atoms with Gasteiger partial charge in [-0.3, -0.25) is 4.79 Å². The highest BCUT2D eigenvalue weighted by Gasteiger charge is 2.54. The lowest BCUT2D eigenvalue weighted by molar-refractivity contribution is -0.379. The minimum absolute atomic E-state index is 0.195. The van der Waals surface area contributed by atoms with Gasteiger partial charge in [0.15, 0.2) is 18.9 Å². The fourth-order valence-corrected chi connectivity index (χ4v) is 13.9. The van der Waals surface area contributed by atoms with Crippen LogP contribution < -0.4 is 5.32 Å². The molecule has 3 fully saturated rings. The number of hydrogen-bond donors (Lipinski definition) is 12. The van der Waals surface area contributed by atoms with Crippen molar-refractivity contribution in [2.24, 2.45) is 0 Å². The van der Waals surface area contributed by atoms with E-state index in [1.807, 2.05) is 6.08 Å². The molecule has 3 heterocycles. The molecule has 19 nitrogen and oxygen atoms in total. The minimum Gasteiger partial charge on any atom is -0.394 e. The van der Waals surface area contributed by atoms with E-state index in [-0.39, 0.29) is 18.9 Å². The monoisotopic (exact) mass is 1610 g/mol. The molecule has 0 aliphatic carbocycles. The quantitative estimate of drug-likeness (QED) is 0.0199. The summed E-state index contributed by atoms with van der Waals surface area (Å²) in [4.78, 5) is 13.5. The molecule has 1 amide bonds. The fourth-order valence-electron chi connectivity index (χ4n) is 13.9. The average molecular weight is 1620 g/mol. The molecule has 0 aromatic carbocycles. The Kier molecular flexibility index (Phi) is 66.3. The van der Waals surface area contributed by atoms with Gasteiger partial charge in [0.05, 0.1) is 38.6 Å². The summed E-state index contributed by atoms with van der Waals surface area (Å²) in [7, 11) is 0. The van der Waals surface area contributed by atoms with Crippen LogP contribution in [0.1, 0.15) is 296 Å². The summed E-state index contributed by atoms with van der Waals surface area (Å²) in [6.07, 6.45) is 83.5. The average Bonchev–Trinajstić information content (AvgIpc) is 0.778. The number of carbonyl (C=O) groups excluding carboxylic acids is 1. The van der Waals surface area contributed by atoms with Crippen LogP contribution in [0.4, 0.5) is 0 Å². The van der Waals surface area contributed by atoms with E-state index in [0.29, 0.717) is 12.8 Å². The zero-order valence-electron chi connectivity index (χ0n) is 70.7. The standard InChI is InChI=1S/C96H159NO18/c1-3-5-7-9-11-13-15-17-19-21-23-25-27-29-31-33-34-35-36-37-38-39-40-41-42-43-44-46-48-50-52-54-56-58-60-62-64-66-68-70-72-74-84(102)97-79(80(101)73-71-69-67-65-63-61-59-57-55-53-51-49-47-45-32-30-28-26-24-22-20-18-16-14-12-10-8-6-4-2)78-110-94-90(108)87(105)92(82(76-99)112-94)115-96-91(109)88(106)93(83(77-100)113-96)114-95-89(107)86(104)85(103)81(75-98)111-95/h5,7,11,13,17,19,23,25,29,31,34-35,37-38,40-41,43-44,48,50,54,56,60,62-63,65,71,73,79-83,85-96,98-101,103-109H,3-4,6,8-10,12,14-16,18,20-22,24,26-28,30,32-33,36,39,42,45-47,49,51-53,55,57-59,61,64,66-70,72,74-78H2,1-2H3,(H,97,102)/b7-5-,13-11-,19-17-,25-23-,31-29-,35-34-,38-37-,41-40-,44-43-,50-48-,56-54-,62-60-,65-63+,73-71+. The lowest BCUT2D eigenvalue weighted by atomic mass is 9.96. The normalized spacial score (nSPS) is 25.5. The van der Waals surface area contributed by atoms with E-state index >= 15 is 0 Å². The Balaban J connectivity index is 1.36. The van der Waals surface area contributed by atoms with Crippen molar-refractivity contribution in [3.05, 3.63) is 170 Å². The third-order valence-electron chi connectivity index (χ3n) is 21.0. The van der Waals surface area contributed by atoms with Crippen LogP contribution in [0.3, 0.4) is 0 Å². The van der Waals surface area contributed by atoms with Crippen molar-refractivity contribution in [3.8, 4) is 0 Å². The van der Waals surface area contributed by atoms with Gasteiger partial charge in [-0.15, -0.1) is 0 Å². The van der Waals surface area contributed by atoms with Crippen LogP contribution in [0.25, 0.3) is 0 Å². The zero-order chi connectivity index (χ0) is 83.1. The lowest BCUT2D eigenvalue weighted by Crippen LogP contribution is -2.66. The SMILES string of the molecule is CC/C=C\C/C=C\C/C=C\C/C=C\C/C=C\C/C=C\C/C=C\C/C=C\C/C=C\C/C=C\C/C=C\C/C=C\CCCCCCC(=O)NC(COC1OC(CO)C(OC2OC(CO)C(OC3OC(CO)C(O)C(O)C3O)C(O)C2O)C(O)C1O)C(O)/C=C/CC/C=C/CCCCCCCCCCCCCCCCCCCCCCCCC. The number of allylic oxidation sites excluding steroid dienone is 27. The number of rotatable bonds is 70. The van der Waals surface area contributed by atoms with Gasteiger partial charge in [0, 0.05) is 6.42 Å². The zero-order valence-corrected chi connectivity index (χ0v) is 70.7. The molecule has 3 aliphatic rings. The first-order chi connectivity index (χ1) is 56.3. The third-order valence-corrected chi connectivity index (χ3v) is 21.0. The second-order valence-corrected chi connectivity index (χ2v) is 31.0. The number of aliphatic hydroxyl groups excluding tert-OH is 11. The first-order valence-electron chi connectivity index (χ1n) is 44.9. The fraction of sp³-hybridized carbons (Fsp3) is 0.698. The highest BCUT2D eigenvalue weighted by Crippen LogP contribution is 2.33. The van der Waals surface area contributed by atoms with Crippen LogP contribution in [-0.4, -0.2) is 193 Å². The summed E-state index contributed by atoms with van der Waals surface area (Å²) < 4.78 is 34.5. The Morgan fingerprint density at radius 1 is 0.322 bits per heavy atom. The van der Waals surface area contributed by atoms with Gasteiger partial charge in [-0.2, -0.15) is 0 Å². The third kappa shape index (κ3) is 51.4. The van der Waals surface area contributed by atoms with Crippen molar-refractivity contribution in [2.75, 3.05) is 26.4 Å². The highest BCUT2D eigenvalue weighted by molar-refractivity contribution is 5.76. The number of ether oxygens (including phenoxy) is 6. The van der Waals surface area contributed by atoms with Crippen molar-refractivity contribution in [1.29, 1.82) is 0 Å². The van der Waals surface area contributed by atoms with Crippen LogP contribution in [0.5, 0.6) is 0 Å². The topological polar surface area (TPSA) is 307 Å². The van der Waals surface area contributed by atoms with E-state index in [9.17, 15) is 61.0 Å². The number of unbranched alkanes of at least 4 members (excludes halogenated alkanes) is 28. The molecular weight excluding hydrogens is 1460 g/mol. The maximum atomic E-state index is 13.5. The van der Waals surface area contributed by atoms with Crippen molar-refractivity contribution >= 4 is 5.91 Å². The maximum absolute atomic E-state index is 13.5. The second-order valence-electron chi connectivity index (χ2n) is 31.0. The second kappa shape index (κ2) is 73.1. The van der Waals surface area contributed by atoms with Crippen LogP contribution in [0, 0.1) is 0 Å². The Labute approximate surface area is 694 Å².